The molecule has 3 N–H and O–H groups in total. The minimum Gasteiger partial charge on any atom is -0.348 e. The van der Waals surface area contributed by atoms with E-state index in [9.17, 15) is 4.79 Å². The van der Waals surface area contributed by atoms with E-state index >= 15 is 0 Å². The lowest BCUT2D eigenvalue weighted by molar-refractivity contribution is -0.126. The topological polar surface area (TPSA) is 68.0 Å². The van der Waals surface area contributed by atoms with E-state index in [4.69, 9.17) is 5.73 Å². The number of amides is 1. The number of pyridine rings is 1. The Morgan fingerprint density at radius 2 is 2.00 bits per heavy atom. The van der Waals surface area contributed by atoms with Crippen LogP contribution in [0, 0.1) is 0 Å². The fourth-order valence-electron chi connectivity index (χ4n) is 2.31. The van der Waals surface area contributed by atoms with Gasteiger partial charge < -0.3 is 11.1 Å². The van der Waals surface area contributed by atoms with Gasteiger partial charge in [-0.25, -0.2) is 0 Å². The summed E-state index contributed by atoms with van der Waals surface area (Å²) >= 11 is 0. The second-order valence-corrected chi connectivity index (χ2v) is 4.84. The molecular weight excluding hydrogens is 214 g/mol. The van der Waals surface area contributed by atoms with Crippen LogP contribution in [0.15, 0.2) is 24.5 Å². The Bertz CT molecular complexity index is 385. The van der Waals surface area contributed by atoms with Crippen LogP contribution < -0.4 is 11.1 Å². The number of nitrogens with one attached hydrogen (secondary N) is 1. The van der Waals surface area contributed by atoms with Crippen LogP contribution >= 0.6 is 0 Å². The third kappa shape index (κ3) is 2.64. The van der Waals surface area contributed by atoms with Gasteiger partial charge in [-0.15, -0.1) is 0 Å². The third-order valence-corrected chi connectivity index (χ3v) is 3.50. The highest BCUT2D eigenvalue weighted by atomic mass is 16.2. The lowest BCUT2D eigenvalue weighted by Crippen LogP contribution is -2.52. The summed E-state index contributed by atoms with van der Waals surface area (Å²) in [7, 11) is 0. The molecule has 0 spiro atoms. The van der Waals surface area contributed by atoms with Crippen molar-refractivity contribution in [3.8, 4) is 0 Å². The fraction of sp³-hybridized carbons (Fsp3) is 0.538. The van der Waals surface area contributed by atoms with Crippen LogP contribution in [0.5, 0.6) is 0 Å². The number of carbonyl (C=O) groups is 1. The van der Waals surface area contributed by atoms with Crippen molar-refractivity contribution in [1.82, 2.24) is 10.3 Å². The highest BCUT2D eigenvalue weighted by molar-refractivity contribution is 5.86. The molecule has 0 bridgehead atoms. The Morgan fingerprint density at radius 3 is 2.59 bits per heavy atom. The summed E-state index contributed by atoms with van der Waals surface area (Å²) in [5.74, 6) is -0.0284. The van der Waals surface area contributed by atoms with Crippen LogP contribution in [0.4, 0.5) is 0 Å². The quantitative estimate of drug-likeness (QED) is 0.832. The Labute approximate surface area is 102 Å². The molecule has 1 aliphatic rings. The molecule has 1 aromatic heterocycles. The summed E-state index contributed by atoms with van der Waals surface area (Å²) in [5, 5.41) is 2.99. The molecular formula is C13H19N3O. The summed E-state index contributed by atoms with van der Waals surface area (Å²) in [5.41, 5.74) is 6.50. The SMILES string of the molecule is CC(NC(=O)C1(N)CCCC1)c1ccncc1. The minimum atomic E-state index is -0.651. The molecule has 1 atom stereocenters. The van der Waals surface area contributed by atoms with E-state index in [2.05, 4.69) is 10.3 Å². The molecule has 92 valence electrons. The summed E-state index contributed by atoms with van der Waals surface area (Å²) < 4.78 is 0. The number of nitrogens with zero attached hydrogens (tertiary/aromatic N) is 1. The average Bonchev–Trinajstić information content (AvgIpc) is 2.78. The first-order valence-electron chi connectivity index (χ1n) is 6.12. The van der Waals surface area contributed by atoms with Crippen molar-refractivity contribution in [2.24, 2.45) is 5.73 Å². The molecule has 1 unspecified atom stereocenters. The first kappa shape index (κ1) is 12.0. The third-order valence-electron chi connectivity index (χ3n) is 3.50. The zero-order valence-corrected chi connectivity index (χ0v) is 10.1. The average molecular weight is 233 g/mol. The number of rotatable bonds is 3. The minimum absolute atomic E-state index is 0.0217. The molecule has 17 heavy (non-hydrogen) atoms. The van der Waals surface area contributed by atoms with Crippen molar-refractivity contribution in [1.29, 1.82) is 0 Å². The first-order valence-corrected chi connectivity index (χ1v) is 6.12. The van der Waals surface area contributed by atoms with Gasteiger partial charge in [-0.05, 0) is 37.5 Å². The van der Waals surface area contributed by atoms with Crippen molar-refractivity contribution in [2.75, 3.05) is 0 Å². The van der Waals surface area contributed by atoms with Gasteiger partial charge >= 0.3 is 0 Å². The van der Waals surface area contributed by atoms with Gasteiger partial charge in [-0.1, -0.05) is 12.8 Å². The van der Waals surface area contributed by atoms with Crippen molar-refractivity contribution in [3.63, 3.8) is 0 Å². The number of hydrogen-bond donors (Lipinski definition) is 2. The predicted molar refractivity (Wildman–Crippen MR) is 66.2 cm³/mol. The summed E-state index contributed by atoms with van der Waals surface area (Å²) in [6.07, 6.45) is 7.14. The molecule has 1 saturated carbocycles. The van der Waals surface area contributed by atoms with Crippen molar-refractivity contribution < 1.29 is 4.79 Å². The molecule has 1 aromatic rings. The molecule has 1 heterocycles. The van der Waals surface area contributed by atoms with Crippen LogP contribution in [0.2, 0.25) is 0 Å². The van der Waals surface area contributed by atoms with E-state index in [0.717, 1.165) is 31.2 Å². The van der Waals surface area contributed by atoms with Crippen LogP contribution in [0.1, 0.15) is 44.2 Å². The van der Waals surface area contributed by atoms with Crippen LogP contribution in [-0.4, -0.2) is 16.4 Å². The van der Waals surface area contributed by atoms with Gasteiger partial charge in [0.25, 0.3) is 0 Å². The van der Waals surface area contributed by atoms with Crippen LogP contribution in [0.25, 0.3) is 0 Å². The number of aromatic nitrogens is 1. The maximum atomic E-state index is 12.1. The number of carbonyl (C=O) groups excluding carboxylic acids is 1. The van der Waals surface area contributed by atoms with Crippen LogP contribution in [-0.2, 0) is 4.79 Å². The normalized spacial score (nSPS) is 19.9. The largest absolute Gasteiger partial charge is 0.348 e. The lowest BCUT2D eigenvalue weighted by atomic mass is 9.97. The van der Waals surface area contributed by atoms with Crippen LogP contribution in [0.3, 0.4) is 0 Å². The molecule has 1 amide bonds. The lowest BCUT2D eigenvalue weighted by Gasteiger charge is -2.25. The standard InChI is InChI=1S/C13H19N3O/c1-10(11-4-8-15-9-5-11)16-12(17)13(14)6-2-3-7-13/h4-5,8-10H,2-3,6-7,14H2,1H3,(H,16,17). The predicted octanol–water partition coefficient (Wildman–Crippen LogP) is 1.53. The highest BCUT2D eigenvalue weighted by Gasteiger charge is 2.37. The Kier molecular flexibility index (Phi) is 3.43. The Balaban J connectivity index is 1.99. The molecule has 0 saturated heterocycles. The van der Waals surface area contributed by atoms with Gasteiger partial charge in [-0.2, -0.15) is 0 Å². The van der Waals surface area contributed by atoms with E-state index in [1.54, 1.807) is 12.4 Å². The number of nitrogens with two attached hydrogens (primary N) is 1. The summed E-state index contributed by atoms with van der Waals surface area (Å²) in [4.78, 5) is 16.1. The maximum absolute atomic E-state index is 12.1. The van der Waals surface area contributed by atoms with Gasteiger partial charge in [0.2, 0.25) is 5.91 Å². The molecule has 1 aliphatic carbocycles. The zero-order chi connectivity index (χ0) is 12.3. The monoisotopic (exact) mass is 233 g/mol. The van der Waals surface area contributed by atoms with Crippen molar-refractivity contribution >= 4 is 5.91 Å². The van der Waals surface area contributed by atoms with E-state index in [1.807, 2.05) is 19.1 Å². The first-order chi connectivity index (χ1) is 8.12. The Hall–Kier alpha value is -1.42. The maximum Gasteiger partial charge on any atom is 0.240 e. The van der Waals surface area contributed by atoms with E-state index < -0.39 is 5.54 Å². The smallest absolute Gasteiger partial charge is 0.240 e. The molecule has 0 aliphatic heterocycles. The summed E-state index contributed by atoms with van der Waals surface area (Å²) in [6.45, 7) is 1.96. The highest BCUT2D eigenvalue weighted by Crippen LogP contribution is 2.28. The number of hydrogen-bond acceptors (Lipinski definition) is 3. The van der Waals surface area contributed by atoms with E-state index in [1.165, 1.54) is 0 Å². The van der Waals surface area contributed by atoms with Gasteiger partial charge in [0.05, 0.1) is 11.6 Å². The molecule has 0 aromatic carbocycles. The second kappa shape index (κ2) is 4.84. The molecule has 4 nitrogen and oxygen atoms in total. The van der Waals surface area contributed by atoms with Crippen molar-refractivity contribution in [3.05, 3.63) is 30.1 Å². The second-order valence-electron chi connectivity index (χ2n) is 4.84. The van der Waals surface area contributed by atoms with E-state index in [-0.39, 0.29) is 11.9 Å². The fourth-order valence-corrected chi connectivity index (χ4v) is 2.31. The van der Waals surface area contributed by atoms with Gasteiger partial charge in [0.1, 0.15) is 0 Å². The summed E-state index contributed by atoms with van der Waals surface area (Å²) in [6, 6.07) is 3.79. The Morgan fingerprint density at radius 1 is 1.41 bits per heavy atom. The zero-order valence-electron chi connectivity index (χ0n) is 10.1. The van der Waals surface area contributed by atoms with E-state index in [0.29, 0.717) is 0 Å². The molecule has 4 heteroatoms. The van der Waals surface area contributed by atoms with Gasteiger partial charge in [0.15, 0.2) is 0 Å². The molecule has 2 rings (SSSR count). The van der Waals surface area contributed by atoms with Gasteiger partial charge in [0, 0.05) is 12.4 Å². The van der Waals surface area contributed by atoms with Gasteiger partial charge in [-0.3, -0.25) is 9.78 Å². The molecule has 1 fully saturated rings. The molecule has 0 radical (unpaired) electrons. The van der Waals surface area contributed by atoms with Crippen molar-refractivity contribution in [2.45, 2.75) is 44.2 Å².